The largest absolute Gasteiger partial charge is 0.340 e. The molecule has 3 aromatic rings. The van der Waals surface area contributed by atoms with Crippen LogP contribution in [0.3, 0.4) is 0 Å². The molecule has 3 rings (SSSR count). The Kier molecular flexibility index (Phi) is 4.60. The van der Waals surface area contributed by atoms with Crippen molar-refractivity contribution in [2.45, 2.75) is 33.7 Å². The van der Waals surface area contributed by atoms with Gasteiger partial charge in [0, 0.05) is 11.1 Å². The molecule has 0 saturated carbocycles. The molecule has 1 atom stereocenters. The molecule has 25 heavy (non-hydrogen) atoms. The molecule has 0 spiro atoms. The summed E-state index contributed by atoms with van der Waals surface area (Å²) in [5, 5.41) is 13.7. The van der Waals surface area contributed by atoms with Crippen LogP contribution in [-0.4, -0.2) is 31.2 Å². The van der Waals surface area contributed by atoms with Gasteiger partial charge in [-0.3, -0.25) is 9.89 Å². The molecule has 0 unspecified atom stereocenters. The maximum atomic E-state index is 12.7. The highest BCUT2D eigenvalue weighted by molar-refractivity contribution is 5.95. The third-order valence-corrected chi connectivity index (χ3v) is 3.74. The standard InChI is InChI=1S/C17H20N6O2/c1-9(2)14(17-19-11(4)23-25-17)20-16(24)13-7-5-6-12(8-13)15-18-10(3)21-22-15/h5-9,14H,1-4H3,(H,20,24)(H,18,21,22)/t14-/m1/s1. The summed E-state index contributed by atoms with van der Waals surface area (Å²) in [6, 6.07) is 6.81. The van der Waals surface area contributed by atoms with E-state index in [4.69, 9.17) is 4.52 Å². The average molecular weight is 340 g/mol. The third-order valence-electron chi connectivity index (χ3n) is 3.74. The summed E-state index contributed by atoms with van der Waals surface area (Å²) in [6.45, 7) is 7.54. The second-order valence-electron chi connectivity index (χ2n) is 6.20. The second-order valence-corrected chi connectivity index (χ2v) is 6.20. The summed E-state index contributed by atoms with van der Waals surface area (Å²) < 4.78 is 5.22. The van der Waals surface area contributed by atoms with Gasteiger partial charge >= 0.3 is 0 Å². The first kappa shape index (κ1) is 16.8. The molecule has 8 heteroatoms. The SMILES string of the molecule is Cc1noc([C@H](NC(=O)c2cccc(-c3n[nH]c(C)n3)c2)C(C)C)n1. The zero-order chi connectivity index (χ0) is 18.0. The number of carbonyl (C=O) groups is 1. The van der Waals surface area contributed by atoms with Crippen LogP contribution < -0.4 is 5.32 Å². The van der Waals surface area contributed by atoms with Gasteiger partial charge in [0.2, 0.25) is 5.89 Å². The van der Waals surface area contributed by atoms with E-state index in [1.165, 1.54) is 0 Å². The highest BCUT2D eigenvalue weighted by atomic mass is 16.5. The van der Waals surface area contributed by atoms with Gasteiger partial charge in [0.1, 0.15) is 11.9 Å². The number of hydrogen-bond donors (Lipinski definition) is 2. The molecule has 0 bridgehead atoms. The first-order valence-electron chi connectivity index (χ1n) is 8.04. The predicted octanol–water partition coefficient (Wildman–Crippen LogP) is 2.60. The number of aromatic nitrogens is 5. The topological polar surface area (TPSA) is 110 Å². The Balaban J connectivity index is 1.82. The number of aryl methyl sites for hydroxylation is 2. The normalized spacial score (nSPS) is 12.4. The van der Waals surface area contributed by atoms with Crippen molar-refractivity contribution in [1.82, 2.24) is 30.6 Å². The molecule has 0 radical (unpaired) electrons. The average Bonchev–Trinajstić information content (AvgIpc) is 3.20. The molecule has 0 saturated heterocycles. The number of amides is 1. The molecule has 130 valence electrons. The fourth-order valence-corrected chi connectivity index (χ4v) is 2.45. The number of hydrogen-bond acceptors (Lipinski definition) is 6. The van der Waals surface area contributed by atoms with E-state index in [9.17, 15) is 4.79 Å². The highest BCUT2D eigenvalue weighted by Crippen LogP contribution is 2.22. The summed E-state index contributed by atoms with van der Waals surface area (Å²) in [6.07, 6.45) is 0. The summed E-state index contributed by atoms with van der Waals surface area (Å²) in [7, 11) is 0. The predicted molar refractivity (Wildman–Crippen MR) is 90.6 cm³/mol. The minimum Gasteiger partial charge on any atom is -0.340 e. The van der Waals surface area contributed by atoms with Gasteiger partial charge in [0.25, 0.3) is 5.91 Å². The summed E-state index contributed by atoms with van der Waals surface area (Å²) in [5.74, 6) is 2.10. The Morgan fingerprint density at radius 1 is 1.24 bits per heavy atom. The maximum Gasteiger partial charge on any atom is 0.251 e. The number of nitrogens with one attached hydrogen (secondary N) is 2. The van der Waals surface area contributed by atoms with Gasteiger partial charge in [0.15, 0.2) is 11.6 Å². The van der Waals surface area contributed by atoms with E-state index in [1.807, 2.05) is 26.8 Å². The lowest BCUT2D eigenvalue weighted by atomic mass is 10.0. The number of H-pyrrole nitrogens is 1. The smallest absolute Gasteiger partial charge is 0.251 e. The van der Waals surface area contributed by atoms with Crippen LogP contribution in [0.15, 0.2) is 28.8 Å². The van der Waals surface area contributed by atoms with Gasteiger partial charge in [0.05, 0.1) is 0 Å². The van der Waals surface area contributed by atoms with E-state index in [2.05, 4.69) is 30.6 Å². The van der Waals surface area contributed by atoms with E-state index in [0.29, 0.717) is 23.1 Å². The molecule has 0 fully saturated rings. The molecule has 8 nitrogen and oxygen atoms in total. The minimum absolute atomic E-state index is 0.0997. The van der Waals surface area contributed by atoms with Crippen LogP contribution >= 0.6 is 0 Å². The van der Waals surface area contributed by atoms with E-state index in [1.54, 1.807) is 25.1 Å². The fourth-order valence-electron chi connectivity index (χ4n) is 2.45. The Bertz CT molecular complexity index is 883. The van der Waals surface area contributed by atoms with Crippen molar-refractivity contribution in [3.05, 3.63) is 47.4 Å². The highest BCUT2D eigenvalue weighted by Gasteiger charge is 2.24. The van der Waals surface area contributed by atoms with Gasteiger partial charge in [-0.2, -0.15) is 10.1 Å². The lowest BCUT2D eigenvalue weighted by Gasteiger charge is -2.18. The van der Waals surface area contributed by atoms with Gasteiger partial charge in [-0.1, -0.05) is 31.1 Å². The van der Waals surface area contributed by atoms with E-state index < -0.39 is 0 Å². The van der Waals surface area contributed by atoms with Gasteiger partial charge in [-0.05, 0) is 31.9 Å². The quantitative estimate of drug-likeness (QED) is 0.739. The molecule has 2 heterocycles. The van der Waals surface area contributed by atoms with Crippen LogP contribution in [0.2, 0.25) is 0 Å². The Labute approximate surface area is 145 Å². The second kappa shape index (κ2) is 6.84. The Morgan fingerprint density at radius 3 is 2.64 bits per heavy atom. The third kappa shape index (κ3) is 3.73. The van der Waals surface area contributed by atoms with Gasteiger partial charge < -0.3 is 9.84 Å². The van der Waals surface area contributed by atoms with Crippen molar-refractivity contribution in [3.63, 3.8) is 0 Å². The van der Waals surface area contributed by atoms with Crippen LogP contribution in [0.1, 0.15) is 47.8 Å². The number of benzene rings is 1. The van der Waals surface area contributed by atoms with Crippen molar-refractivity contribution < 1.29 is 9.32 Å². The Hall–Kier alpha value is -3.03. The van der Waals surface area contributed by atoms with Crippen molar-refractivity contribution in [2.24, 2.45) is 5.92 Å². The van der Waals surface area contributed by atoms with E-state index in [0.717, 1.165) is 11.4 Å². The number of nitrogens with zero attached hydrogens (tertiary/aromatic N) is 4. The molecule has 2 aromatic heterocycles. The molecule has 0 aliphatic carbocycles. The molecule has 2 N–H and O–H groups in total. The van der Waals surface area contributed by atoms with Crippen molar-refractivity contribution >= 4 is 5.91 Å². The van der Waals surface area contributed by atoms with Crippen LogP contribution in [0.25, 0.3) is 11.4 Å². The zero-order valence-corrected chi connectivity index (χ0v) is 14.6. The van der Waals surface area contributed by atoms with Crippen LogP contribution in [-0.2, 0) is 0 Å². The van der Waals surface area contributed by atoms with Crippen molar-refractivity contribution in [3.8, 4) is 11.4 Å². The van der Waals surface area contributed by atoms with Gasteiger partial charge in [-0.15, -0.1) is 0 Å². The summed E-state index contributed by atoms with van der Waals surface area (Å²) >= 11 is 0. The lowest BCUT2D eigenvalue weighted by molar-refractivity contribution is 0.0914. The van der Waals surface area contributed by atoms with Crippen LogP contribution in [0, 0.1) is 19.8 Å². The van der Waals surface area contributed by atoms with Crippen molar-refractivity contribution in [1.29, 1.82) is 0 Å². The Morgan fingerprint density at radius 2 is 2.04 bits per heavy atom. The fraction of sp³-hybridized carbons (Fsp3) is 0.353. The first-order chi connectivity index (χ1) is 11.9. The molecular weight excluding hydrogens is 320 g/mol. The van der Waals surface area contributed by atoms with Gasteiger partial charge in [-0.25, -0.2) is 4.98 Å². The summed E-state index contributed by atoms with van der Waals surface area (Å²) in [4.78, 5) is 21.2. The molecular formula is C17H20N6O2. The first-order valence-corrected chi connectivity index (χ1v) is 8.04. The molecule has 0 aliphatic heterocycles. The zero-order valence-electron chi connectivity index (χ0n) is 14.6. The molecule has 1 amide bonds. The van der Waals surface area contributed by atoms with Crippen LogP contribution in [0.4, 0.5) is 0 Å². The van der Waals surface area contributed by atoms with E-state index >= 15 is 0 Å². The number of carbonyl (C=O) groups excluding carboxylic acids is 1. The molecule has 1 aromatic carbocycles. The minimum atomic E-state index is -0.358. The molecule has 0 aliphatic rings. The number of rotatable bonds is 5. The van der Waals surface area contributed by atoms with E-state index in [-0.39, 0.29) is 17.9 Å². The lowest BCUT2D eigenvalue weighted by Crippen LogP contribution is -2.32. The summed E-state index contributed by atoms with van der Waals surface area (Å²) in [5.41, 5.74) is 1.29. The number of aromatic amines is 1. The van der Waals surface area contributed by atoms with Crippen LogP contribution in [0.5, 0.6) is 0 Å². The van der Waals surface area contributed by atoms with Crippen molar-refractivity contribution in [2.75, 3.05) is 0 Å². The maximum absolute atomic E-state index is 12.7. The monoisotopic (exact) mass is 340 g/mol.